The second kappa shape index (κ2) is 6.60. The first-order valence-electron chi connectivity index (χ1n) is 7.55. The van der Waals surface area contributed by atoms with Gasteiger partial charge in [-0.15, -0.1) is 0 Å². The predicted octanol–water partition coefficient (Wildman–Crippen LogP) is 5.60. The summed E-state index contributed by atoms with van der Waals surface area (Å²) in [7, 11) is 0. The molecule has 2 rings (SSSR count). The molecule has 0 amide bonds. The third-order valence-electron chi connectivity index (χ3n) is 4.31. The van der Waals surface area contributed by atoms with Crippen molar-refractivity contribution in [3.8, 4) is 16.9 Å². The van der Waals surface area contributed by atoms with Crippen LogP contribution < -0.4 is 0 Å². The summed E-state index contributed by atoms with van der Waals surface area (Å²) in [6.07, 6.45) is 2.41. The van der Waals surface area contributed by atoms with Crippen molar-refractivity contribution in [1.82, 2.24) is 0 Å². The highest BCUT2D eigenvalue weighted by molar-refractivity contribution is 5.64. The van der Waals surface area contributed by atoms with E-state index in [2.05, 4.69) is 45.0 Å². The van der Waals surface area contributed by atoms with E-state index in [-0.39, 0.29) is 0 Å². The van der Waals surface area contributed by atoms with Gasteiger partial charge in [-0.05, 0) is 47.1 Å². The lowest BCUT2D eigenvalue weighted by Gasteiger charge is -2.22. The Balaban J connectivity index is 2.23. The molecule has 0 spiro atoms. The molecule has 1 N–H and O–H groups in total. The number of phenolic OH excluding ortho intramolecular Hbond substituents is 1. The van der Waals surface area contributed by atoms with Gasteiger partial charge in [0, 0.05) is 0 Å². The number of rotatable bonds is 5. The zero-order valence-corrected chi connectivity index (χ0v) is 12.6. The molecule has 2 unspecified atom stereocenters. The van der Waals surface area contributed by atoms with Crippen LogP contribution in [0.1, 0.15) is 45.1 Å². The topological polar surface area (TPSA) is 20.2 Å². The lowest BCUT2D eigenvalue weighted by molar-refractivity contribution is 0.435. The van der Waals surface area contributed by atoms with Crippen molar-refractivity contribution in [3.05, 3.63) is 54.1 Å². The summed E-state index contributed by atoms with van der Waals surface area (Å²) in [6, 6.07) is 16.3. The minimum absolute atomic E-state index is 0.313. The largest absolute Gasteiger partial charge is 0.508 e. The minimum atomic E-state index is 0.313. The van der Waals surface area contributed by atoms with E-state index in [0.29, 0.717) is 11.7 Å². The van der Waals surface area contributed by atoms with Crippen LogP contribution in [-0.4, -0.2) is 5.11 Å². The Bertz CT molecular complexity index is 525. The summed E-state index contributed by atoms with van der Waals surface area (Å²) >= 11 is 0. The second-order valence-electron chi connectivity index (χ2n) is 5.57. The smallest absolute Gasteiger partial charge is 0.115 e. The van der Waals surface area contributed by atoms with Gasteiger partial charge in [0.2, 0.25) is 0 Å². The van der Waals surface area contributed by atoms with Crippen molar-refractivity contribution in [2.75, 3.05) is 0 Å². The molecule has 0 bridgehead atoms. The molecule has 2 atom stereocenters. The van der Waals surface area contributed by atoms with E-state index in [1.807, 2.05) is 12.1 Å². The second-order valence-corrected chi connectivity index (χ2v) is 5.57. The average Bonchev–Trinajstić information content (AvgIpc) is 2.49. The standard InChI is InChI=1S/C19H24O/c1-4-14(3)19(5-2)17-8-6-15(7-9-17)16-10-12-18(20)13-11-16/h6-14,19-20H,4-5H2,1-3H3. The Labute approximate surface area is 122 Å². The van der Waals surface area contributed by atoms with Crippen LogP contribution in [0.4, 0.5) is 0 Å². The molecule has 0 saturated carbocycles. The molecule has 2 aromatic rings. The summed E-state index contributed by atoms with van der Waals surface area (Å²) in [5.41, 5.74) is 3.78. The number of hydrogen-bond donors (Lipinski definition) is 1. The molecule has 0 aliphatic carbocycles. The highest BCUT2D eigenvalue weighted by Gasteiger charge is 2.15. The maximum absolute atomic E-state index is 9.34. The summed E-state index contributed by atoms with van der Waals surface area (Å²) < 4.78 is 0. The van der Waals surface area contributed by atoms with Gasteiger partial charge in [0.25, 0.3) is 0 Å². The van der Waals surface area contributed by atoms with Crippen molar-refractivity contribution < 1.29 is 5.11 Å². The van der Waals surface area contributed by atoms with E-state index in [0.717, 1.165) is 11.5 Å². The molecule has 0 radical (unpaired) electrons. The van der Waals surface area contributed by atoms with Gasteiger partial charge in [-0.3, -0.25) is 0 Å². The lowest BCUT2D eigenvalue weighted by atomic mass is 9.83. The van der Waals surface area contributed by atoms with Gasteiger partial charge in [0.05, 0.1) is 0 Å². The third-order valence-corrected chi connectivity index (χ3v) is 4.31. The fourth-order valence-electron chi connectivity index (χ4n) is 2.83. The van der Waals surface area contributed by atoms with Crippen LogP contribution in [0.25, 0.3) is 11.1 Å². The van der Waals surface area contributed by atoms with Crippen molar-refractivity contribution in [3.63, 3.8) is 0 Å². The number of phenols is 1. The SMILES string of the molecule is CCC(C)C(CC)c1ccc(-c2ccc(O)cc2)cc1. The number of benzene rings is 2. The highest BCUT2D eigenvalue weighted by atomic mass is 16.3. The average molecular weight is 268 g/mol. The van der Waals surface area contributed by atoms with Gasteiger partial charge in [-0.1, -0.05) is 63.6 Å². The summed E-state index contributed by atoms with van der Waals surface area (Å²) in [6.45, 7) is 6.87. The molecular formula is C19H24O. The summed E-state index contributed by atoms with van der Waals surface area (Å²) in [5, 5.41) is 9.34. The highest BCUT2D eigenvalue weighted by Crippen LogP contribution is 2.31. The van der Waals surface area contributed by atoms with Crippen molar-refractivity contribution >= 4 is 0 Å². The van der Waals surface area contributed by atoms with Gasteiger partial charge in [-0.2, -0.15) is 0 Å². The first-order valence-corrected chi connectivity index (χ1v) is 7.55. The third kappa shape index (κ3) is 3.22. The van der Waals surface area contributed by atoms with E-state index in [1.54, 1.807) is 12.1 Å². The van der Waals surface area contributed by atoms with E-state index in [9.17, 15) is 5.11 Å². The fourth-order valence-corrected chi connectivity index (χ4v) is 2.83. The Hall–Kier alpha value is -1.76. The number of aromatic hydroxyl groups is 1. The van der Waals surface area contributed by atoms with E-state index in [1.165, 1.54) is 24.0 Å². The molecule has 0 aliphatic rings. The molecule has 1 heteroatoms. The quantitative estimate of drug-likeness (QED) is 0.748. The van der Waals surface area contributed by atoms with Crippen LogP contribution in [-0.2, 0) is 0 Å². The molecule has 0 fully saturated rings. The fraction of sp³-hybridized carbons (Fsp3) is 0.368. The molecule has 106 valence electrons. The number of hydrogen-bond acceptors (Lipinski definition) is 1. The van der Waals surface area contributed by atoms with Crippen LogP contribution in [0, 0.1) is 5.92 Å². The van der Waals surface area contributed by atoms with Gasteiger partial charge in [0.15, 0.2) is 0 Å². The van der Waals surface area contributed by atoms with Crippen LogP contribution in [0.2, 0.25) is 0 Å². The molecule has 2 aromatic carbocycles. The summed E-state index contributed by atoms with van der Waals surface area (Å²) in [4.78, 5) is 0. The van der Waals surface area contributed by atoms with Crippen LogP contribution in [0.3, 0.4) is 0 Å². The summed E-state index contributed by atoms with van der Waals surface area (Å²) in [5.74, 6) is 1.68. The molecule has 0 aliphatic heterocycles. The van der Waals surface area contributed by atoms with Gasteiger partial charge >= 0.3 is 0 Å². The Morgan fingerprint density at radius 2 is 1.30 bits per heavy atom. The normalized spacial score (nSPS) is 13.9. The zero-order chi connectivity index (χ0) is 14.5. The van der Waals surface area contributed by atoms with E-state index in [4.69, 9.17) is 0 Å². The molecule has 20 heavy (non-hydrogen) atoms. The van der Waals surface area contributed by atoms with E-state index < -0.39 is 0 Å². The first kappa shape index (κ1) is 14.6. The van der Waals surface area contributed by atoms with Gasteiger partial charge in [-0.25, -0.2) is 0 Å². The predicted molar refractivity (Wildman–Crippen MR) is 86.0 cm³/mol. The Kier molecular flexibility index (Phi) is 4.84. The molecule has 0 aromatic heterocycles. The minimum Gasteiger partial charge on any atom is -0.508 e. The van der Waals surface area contributed by atoms with Gasteiger partial charge < -0.3 is 5.11 Å². The Morgan fingerprint density at radius 3 is 1.75 bits per heavy atom. The van der Waals surface area contributed by atoms with Gasteiger partial charge in [0.1, 0.15) is 5.75 Å². The molecule has 0 saturated heterocycles. The van der Waals surface area contributed by atoms with Crippen molar-refractivity contribution in [1.29, 1.82) is 0 Å². The van der Waals surface area contributed by atoms with Crippen LogP contribution in [0.15, 0.2) is 48.5 Å². The zero-order valence-electron chi connectivity index (χ0n) is 12.6. The molecule has 1 nitrogen and oxygen atoms in total. The first-order chi connectivity index (χ1) is 9.65. The van der Waals surface area contributed by atoms with Crippen LogP contribution in [0.5, 0.6) is 5.75 Å². The Morgan fingerprint density at radius 1 is 0.800 bits per heavy atom. The van der Waals surface area contributed by atoms with E-state index >= 15 is 0 Å². The lowest BCUT2D eigenvalue weighted by Crippen LogP contribution is -2.07. The van der Waals surface area contributed by atoms with Crippen molar-refractivity contribution in [2.45, 2.75) is 39.5 Å². The molecular weight excluding hydrogens is 244 g/mol. The van der Waals surface area contributed by atoms with Crippen molar-refractivity contribution in [2.24, 2.45) is 5.92 Å². The monoisotopic (exact) mass is 268 g/mol. The van der Waals surface area contributed by atoms with Crippen LogP contribution >= 0.6 is 0 Å². The maximum Gasteiger partial charge on any atom is 0.115 e. The molecule has 0 heterocycles. The maximum atomic E-state index is 9.34.